The lowest BCUT2D eigenvalue weighted by molar-refractivity contribution is -0.384. The maximum atomic E-state index is 12.8. The summed E-state index contributed by atoms with van der Waals surface area (Å²) in [5, 5.41) is 21.3. The zero-order chi connectivity index (χ0) is 23.4. The number of benzene rings is 2. The van der Waals surface area contributed by atoms with Gasteiger partial charge in [0.15, 0.2) is 5.69 Å². The minimum absolute atomic E-state index is 0.0303. The van der Waals surface area contributed by atoms with Crippen LogP contribution in [-0.4, -0.2) is 52.0 Å². The highest BCUT2D eigenvalue weighted by Gasteiger charge is 2.20. The lowest BCUT2D eigenvalue weighted by Crippen LogP contribution is -2.16. The van der Waals surface area contributed by atoms with Crippen LogP contribution >= 0.6 is 0 Å². The molecule has 12 heteroatoms. The Kier molecular flexibility index (Phi) is 6.24. The number of ether oxygens (including phenoxy) is 2. The van der Waals surface area contributed by atoms with E-state index in [9.17, 15) is 24.5 Å². The first-order valence-corrected chi connectivity index (χ1v) is 9.05. The van der Waals surface area contributed by atoms with Gasteiger partial charge in [-0.15, -0.1) is 5.10 Å². The van der Waals surface area contributed by atoms with Crippen molar-refractivity contribution in [2.24, 2.45) is 0 Å². The summed E-state index contributed by atoms with van der Waals surface area (Å²) in [6, 6.07) is 9.63. The van der Waals surface area contributed by atoms with E-state index < -0.39 is 22.8 Å². The number of carbonyl (C=O) groups is 3. The molecule has 3 rings (SSSR count). The molecule has 0 saturated heterocycles. The third-order valence-electron chi connectivity index (χ3n) is 4.43. The smallest absolute Gasteiger partial charge is 0.337 e. The topological polar surface area (TPSA) is 156 Å². The lowest BCUT2D eigenvalue weighted by atomic mass is 10.1. The molecule has 0 radical (unpaired) electrons. The zero-order valence-corrected chi connectivity index (χ0v) is 17.2. The van der Waals surface area contributed by atoms with Crippen molar-refractivity contribution in [2.75, 3.05) is 19.5 Å². The van der Waals surface area contributed by atoms with Crippen LogP contribution in [0.25, 0.3) is 5.69 Å². The molecule has 0 aliphatic carbocycles. The molecule has 0 bridgehead atoms. The number of nitro groups is 1. The van der Waals surface area contributed by atoms with Crippen molar-refractivity contribution in [2.45, 2.75) is 6.92 Å². The van der Waals surface area contributed by atoms with Gasteiger partial charge in [0.2, 0.25) is 0 Å². The molecule has 1 heterocycles. The number of nitro benzene ring substituents is 1. The monoisotopic (exact) mass is 439 g/mol. The number of nitrogens with one attached hydrogen (secondary N) is 1. The van der Waals surface area contributed by atoms with Crippen LogP contribution in [0.2, 0.25) is 0 Å². The van der Waals surface area contributed by atoms with Crippen LogP contribution in [0, 0.1) is 17.0 Å². The Morgan fingerprint density at radius 1 is 1.03 bits per heavy atom. The number of esters is 2. The summed E-state index contributed by atoms with van der Waals surface area (Å²) >= 11 is 0. The summed E-state index contributed by atoms with van der Waals surface area (Å²) in [6.07, 6.45) is 0. The van der Waals surface area contributed by atoms with E-state index in [1.807, 2.05) is 0 Å². The van der Waals surface area contributed by atoms with E-state index in [4.69, 9.17) is 0 Å². The highest BCUT2D eigenvalue weighted by molar-refractivity contribution is 6.05. The van der Waals surface area contributed by atoms with E-state index in [1.54, 1.807) is 13.0 Å². The average Bonchev–Trinajstić information content (AvgIpc) is 3.19. The molecular weight excluding hydrogens is 422 g/mol. The van der Waals surface area contributed by atoms with Crippen LogP contribution in [0.15, 0.2) is 42.5 Å². The van der Waals surface area contributed by atoms with Crippen LogP contribution in [0.1, 0.15) is 36.9 Å². The van der Waals surface area contributed by atoms with Gasteiger partial charge in [-0.25, -0.2) is 14.3 Å². The fourth-order valence-corrected chi connectivity index (χ4v) is 2.88. The van der Waals surface area contributed by atoms with E-state index in [0.29, 0.717) is 11.4 Å². The number of aromatic nitrogens is 3. The van der Waals surface area contributed by atoms with Gasteiger partial charge < -0.3 is 14.8 Å². The van der Waals surface area contributed by atoms with Gasteiger partial charge >= 0.3 is 11.9 Å². The summed E-state index contributed by atoms with van der Waals surface area (Å²) in [7, 11) is 2.36. The molecule has 32 heavy (non-hydrogen) atoms. The van der Waals surface area contributed by atoms with Gasteiger partial charge in [-0.3, -0.25) is 14.9 Å². The first kappa shape index (κ1) is 22.1. The van der Waals surface area contributed by atoms with Crippen molar-refractivity contribution in [3.8, 4) is 5.69 Å². The van der Waals surface area contributed by atoms with Crippen LogP contribution in [0.5, 0.6) is 0 Å². The van der Waals surface area contributed by atoms with Gasteiger partial charge in [0.25, 0.3) is 11.6 Å². The van der Waals surface area contributed by atoms with Gasteiger partial charge in [-0.05, 0) is 31.2 Å². The van der Waals surface area contributed by atoms with Crippen molar-refractivity contribution >= 4 is 29.2 Å². The van der Waals surface area contributed by atoms with E-state index in [1.165, 1.54) is 55.3 Å². The van der Waals surface area contributed by atoms with E-state index in [2.05, 4.69) is 25.1 Å². The highest BCUT2D eigenvalue weighted by Crippen LogP contribution is 2.21. The highest BCUT2D eigenvalue weighted by atomic mass is 16.6. The summed E-state index contributed by atoms with van der Waals surface area (Å²) in [4.78, 5) is 47.1. The number of nitrogens with zero attached hydrogens (tertiary/aromatic N) is 4. The van der Waals surface area contributed by atoms with Gasteiger partial charge in [-0.2, -0.15) is 0 Å². The SMILES string of the molecule is COC(=O)c1cc(NC(=O)c2nnn(-c3cccc([N+](=O)[O-])c3)c2C)cc(C(=O)OC)c1. The number of amides is 1. The third-order valence-corrected chi connectivity index (χ3v) is 4.43. The number of methoxy groups -OCH3 is 2. The van der Waals surface area contributed by atoms with Gasteiger partial charge in [0.1, 0.15) is 0 Å². The third kappa shape index (κ3) is 4.43. The first-order chi connectivity index (χ1) is 15.2. The van der Waals surface area contributed by atoms with Crippen LogP contribution in [-0.2, 0) is 9.47 Å². The Balaban J connectivity index is 1.93. The molecule has 0 unspecified atom stereocenters. The lowest BCUT2D eigenvalue weighted by Gasteiger charge is -2.09. The molecule has 0 fully saturated rings. The van der Waals surface area contributed by atoms with E-state index >= 15 is 0 Å². The Labute approximate surface area is 180 Å². The molecule has 2 aromatic carbocycles. The largest absolute Gasteiger partial charge is 0.465 e. The Morgan fingerprint density at radius 2 is 1.66 bits per heavy atom. The molecule has 3 aromatic rings. The molecule has 12 nitrogen and oxygen atoms in total. The summed E-state index contributed by atoms with van der Waals surface area (Å²) in [5.74, 6) is -2.09. The number of non-ortho nitro benzene ring substituents is 1. The quantitative estimate of drug-likeness (QED) is 0.346. The Morgan fingerprint density at radius 3 is 2.22 bits per heavy atom. The second-order valence-corrected chi connectivity index (χ2v) is 6.45. The number of hydrogen-bond acceptors (Lipinski definition) is 9. The average molecular weight is 439 g/mol. The molecule has 0 aliphatic heterocycles. The van der Waals surface area contributed by atoms with Gasteiger partial charge in [-0.1, -0.05) is 11.3 Å². The molecular formula is C20H17N5O7. The second kappa shape index (κ2) is 9.04. The normalized spacial score (nSPS) is 10.3. The first-order valence-electron chi connectivity index (χ1n) is 9.05. The molecule has 0 saturated carbocycles. The number of hydrogen-bond donors (Lipinski definition) is 1. The molecule has 0 spiro atoms. The minimum atomic E-state index is -0.709. The molecule has 0 atom stereocenters. The zero-order valence-electron chi connectivity index (χ0n) is 17.2. The molecule has 0 aliphatic rings. The van der Waals surface area contributed by atoms with E-state index in [0.717, 1.165) is 0 Å². The van der Waals surface area contributed by atoms with Crippen molar-refractivity contribution in [3.05, 3.63) is 75.1 Å². The second-order valence-electron chi connectivity index (χ2n) is 6.45. The Bertz CT molecular complexity index is 1200. The molecule has 1 amide bonds. The number of carbonyl (C=O) groups excluding carboxylic acids is 3. The van der Waals surface area contributed by atoms with Crippen molar-refractivity contribution in [1.82, 2.24) is 15.0 Å². The van der Waals surface area contributed by atoms with Crippen LogP contribution in [0.3, 0.4) is 0 Å². The standard InChI is InChI=1S/C20H17N5O7/c1-11-17(22-23-24(11)15-5-4-6-16(10-15)25(29)30)18(26)21-14-8-12(19(27)31-2)7-13(9-14)20(28)32-3/h4-10H,1-3H3,(H,21,26). The maximum Gasteiger partial charge on any atom is 0.337 e. The number of rotatable bonds is 6. The molecule has 1 aromatic heterocycles. The van der Waals surface area contributed by atoms with E-state index in [-0.39, 0.29) is 28.2 Å². The predicted octanol–water partition coefficient (Wildman–Crippen LogP) is 2.31. The fraction of sp³-hybridized carbons (Fsp3) is 0.150. The van der Waals surface area contributed by atoms with Crippen molar-refractivity contribution < 1.29 is 28.8 Å². The summed E-state index contributed by atoms with van der Waals surface area (Å²) in [6.45, 7) is 1.57. The fourth-order valence-electron chi connectivity index (χ4n) is 2.88. The van der Waals surface area contributed by atoms with Gasteiger partial charge in [0, 0.05) is 17.8 Å². The Hall–Kier alpha value is -4.61. The maximum absolute atomic E-state index is 12.8. The van der Waals surface area contributed by atoms with Gasteiger partial charge in [0.05, 0.1) is 41.7 Å². The molecule has 1 N–H and O–H groups in total. The van der Waals surface area contributed by atoms with Crippen molar-refractivity contribution in [1.29, 1.82) is 0 Å². The van der Waals surface area contributed by atoms with Crippen LogP contribution in [0.4, 0.5) is 11.4 Å². The summed E-state index contributed by atoms with van der Waals surface area (Å²) in [5.41, 5.74) is 0.662. The minimum Gasteiger partial charge on any atom is -0.465 e. The predicted molar refractivity (Wildman–Crippen MR) is 110 cm³/mol. The van der Waals surface area contributed by atoms with Crippen LogP contribution < -0.4 is 5.32 Å². The summed E-state index contributed by atoms with van der Waals surface area (Å²) < 4.78 is 10.6. The molecule has 164 valence electrons. The van der Waals surface area contributed by atoms with Crippen molar-refractivity contribution in [3.63, 3.8) is 0 Å². The number of anilines is 1.